The molecule has 0 fully saturated rings. The second-order valence-corrected chi connectivity index (χ2v) is 3.44. The first-order valence-electron chi connectivity index (χ1n) is 4.61. The van der Waals surface area contributed by atoms with Gasteiger partial charge in [-0.15, -0.1) is 0 Å². The Hall–Kier alpha value is -1.81. The Kier molecular flexibility index (Phi) is 2.43. The highest BCUT2D eigenvalue weighted by molar-refractivity contribution is 5.78. The summed E-state index contributed by atoms with van der Waals surface area (Å²) in [5, 5.41) is 9.64. The number of aliphatic carboxylic acids is 1. The molecule has 3 N–H and O–H groups in total. The molecule has 4 nitrogen and oxygen atoms in total. The zero-order valence-electron chi connectivity index (χ0n) is 8.01. The van der Waals surface area contributed by atoms with Gasteiger partial charge in [-0.1, -0.05) is 6.07 Å². The van der Waals surface area contributed by atoms with Gasteiger partial charge in [0.1, 0.15) is 11.6 Å². The number of furan rings is 1. The van der Waals surface area contributed by atoms with E-state index in [1.54, 1.807) is 6.26 Å². The number of hydrogen-bond donors (Lipinski definition) is 2. The minimum absolute atomic E-state index is 0.330. The molecule has 0 amide bonds. The normalized spacial score (nSPS) is 12.9. The summed E-state index contributed by atoms with van der Waals surface area (Å²) in [6.45, 7) is 0. The molecule has 0 unspecified atom stereocenters. The lowest BCUT2D eigenvalue weighted by Gasteiger charge is -2.05. The van der Waals surface area contributed by atoms with Gasteiger partial charge >= 0.3 is 5.97 Å². The van der Waals surface area contributed by atoms with E-state index < -0.39 is 12.0 Å². The molecule has 2 rings (SSSR count). The van der Waals surface area contributed by atoms with Crippen molar-refractivity contribution in [2.75, 3.05) is 0 Å². The van der Waals surface area contributed by atoms with E-state index >= 15 is 0 Å². The van der Waals surface area contributed by atoms with Gasteiger partial charge in [-0.3, -0.25) is 4.79 Å². The summed E-state index contributed by atoms with van der Waals surface area (Å²) in [7, 11) is 0. The second kappa shape index (κ2) is 3.74. The van der Waals surface area contributed by atoms with Crippen LogP contribution >= 0.6 is 0 Å². The van der Waals surface area contributed by atoms with E-state index in [0.717, 1.165) is 16.5 Å². The van der Waals surface area contributed by atoms with Crippen molar-refractivity contribution in [2.24, 2.45) is 5.73 Å². The van der Waals surface area contributed by atoms with Gasteiger partial charge < -0.3 is 15.3 Å². The standard InChI is InChI=1S/C11H11NO3/c12-9(11(13)14)6-7-1-2-10-8(5-7)3-4-15-10/h1-5,9H,6,12H2,(H,13,14)/t9-/m1/s1. The maximum absolute atomic E-state index is 10.6. The summed E-state index contributed by atoms with van der Waals surface area (Å²) < 4.78 is 5.18. The van der Waals surface area contributed by atoms with Crippen molar-refractivity contribution in [1.82, 2.24) is 0 Å². The molecule has 0 saturated carbocycles. The van der Waals surface area contributed by atoms with Crippen molar-refractivity contribution < 1.29 is 14.3 Å². The van der Waals surface area contributed by atoms with Gasteiger partial charge in [0, 0.05) is 5.39 Å². The first kappa shape index (κ1) is 9.73. The average molecular weight is 205 g/mol. The Morgan fingerprint density at radius 1 is 1.47 bits per heavy atom. The monoisotopic (exact) mass is 205 g/mol. The molecule has 4 heteroatoms. The number of benzene rings is 1. The lowest BCUT2D eigenvalue weighted by molar-refractivity contribution is -0.138. The van der Waals surface area contributed by atoms with Crippen molar-refractivity contribution >= 4 is 16.9 Å². The molecule has 0 spiro atoms. The largest absolute Gasteiger partial charge is 0.480 e. The van der Waals surface area contributed by atoms with E-state index in [4.69, 9.17) is 15.3 Å². The van der Waals surface area contributed by atoms with Crippen molar-refractivity contribution in [3.63, 3.8) is 0 Å². The van der Waals surface area contributed by atoms with E-state index in [1.807, 2.05) is 24.3 Å². The van der Waals surface area contributed by atoms with Gasteiger partial charge in [-0.05, 0) is 30.2 Å². The molecular formula is C11H11NO3. The third kappa shape index (κ3) is 1.99. The molecule has 0 radical (unpaired) electrons. The summed E-state index contributed by atoms with van der Waals surface area (Å²) >= 11 is 0. The van der Waals surface area contributed by atoms with Gasteiger partial charge in [0.15, 0.2) is 0 Å². The maximum Gasteiger partial charge on any atom is 0.320 e. The highest BCUT2D eigenvalue weighted by Gasteiger charge is 2.12. The third-order valence-electron chi connectivity index (χ3n) is 2.29. The van der Waals surface area contributed by atoms with Crippen LogP contribution in [0.25, 0.3) is 11.0 Å². The molecule has 15 heavy (non-hydrogen) atoms. The summed E-state index contributed by atoms with van der Waals surface area (Å²) in [5.41, 5.74) is 7.14. The minimum atomic E-state index is -0.984. The number of nitrogens with two attached hydrogens (primary N) is 1. The van der Waals surface area contributed by atoms with Crippen molar-refractivity contribution in [3.8, 4) is 0 Å². The average Bonchev–Trinajstić information content (AvgIpc) is 2.64. The van der Waals surface area contributed by atoms with Crippen LogP contribution < -0.4 is 5.73 Å². The quantitative estimate of drug-likeness (QED) is 0.793. The van der Waals surface area contributed by atoms with Gasteiger partial charge in [0.05, 0.1) is 6.26 Å². The Labute approximate surface area is 86.3 Å². The Morgan fingerprint density at radius 3 is 3.00 bits per heavy atom. The lowest BCUT2D eigenvalue weighted by atomic mass is 10.1. The number of rotatable bonds is 3. The summed E-state index contributed by atoms with van der Waals surface area (Å²) in [5.74, 6) is -0.984. The van der Waals surface area contributed by atoms with Gasteiger partial charge in [-0.25, -0.2) is 0 Å². The molecule has 0 aliphatic heterocycles. The van der Waals surface area contributed by atoms with Crippen LogP contribution in [0.15, 0.2) is 34.9 Å². The van der Waals surface area contributed by atoms with E-state index in [0.29, 0.717) is 6.42 Å². The van der Waals surface area contributed by atoms with E-state index in [2.05, 4.69) is 0 Å². The number of hydrogen-bond acceptors (Lipinski definition) is 3. The van der Waals surface area contributed by atoms with E-state index in [9.17, 15) is 4.79 Å². The first-order valence-corrected chi connectivity index (χ1v) is 4.61. The summed E-state index contributed by atoms with van der Waals surface area (Å²) in [6.07, 6.45) is 1.93. The van der Waals surface area contributed by atoms with Crippen LogP contribution in [0.4, 0.5) is 0 Å². The van der Waals surface area contributed by atoms with Crippen LogP contribution in [0.3, 0.4) is 0 Å². The lowest BCUT2D eigenvalue weighted by Crippen LogP contribution is -2.32. The van der Waals surface area contributed by atoms with Crippen molar-refractivity contribution in [2.45, 2.75) is 12.5 Å². The molecule has 0 saturated heterocycles. The second-order valence-electron chi connectivity index (χ2n) is 3.44. The molecule has 1 atom stereocenters. The van der Waals surface area contributed by atoms with Crippen molar-refractivity contribution in [3.05, 3.63) is 36.1 Å². The predicted octanol–water partition coefficient (Wildman–Crippen LogP) is 1.39. The smallest absolute Gasteiger partial charge is 0.320 e. The van der Waals surface area contributed by atoms with Crippen LogP contribution in [0.1, 0.15) is 5.56 Å². The van der Waals surface area contributed by atoms with Crippen LogP contribution in [-0.2, 0) is 11.2 Å². The fourth-order valence-electron chi connectivity index (χ4n) is 1.48. The molecular weight excluding hydrogens is 194 g/mol. The van der Waals surface area contributed by atoms with Crippen LogP contribution in [0.2, 0.25) is 0 Å². The van der Waals surface area contributed by atoms with Crippen LogP contribution in [0.5, 0.6) is 0 Å². The van der Waals surface area contributed by atoms with Crippen LogP contribution in [0, 0.1) is 0 Å². The summed E-state index contributed by atoms with van der Waals surface area (Å²) in [6, 6.07) is 6.52. The maximum atomic E-state index is 10.6. The highest BCUT2D eigenvalue weighted by atomic mass is 16.4. The molecule has 78 valence electrons. The van der Waals surface area contributed by atoms with Crippen LogP contribution in [-0.4, -0.2) is 17.1 Å². The van der Waals surface area contributed by atoms with Crippen molar-refractivity contribution in [1.29, 1.82) is 0 Å². The van der Waals surface area contributed by atoms with E-state index in [1.165, 1.54) is 0 Å². The Balaban J connectivity index is 2.24. The molecule has 0 aliphatic rings. The summed E-state index contributed by atoms with van der Waals surface area (Å²) in [4.78, 5) is 10.6. The SMILES string of the molecule is N[C@H](Cc1ccc2occc2c1)C(=O)O. The highest BCUT2D eigenvalue weighted by Crippen LogP contribution is 2.17. The van der Waals surface area contributed by atoms with Gasteiger partial charge in [-0.2, -0.15) is 0 Å². The predicted molar refractivity (Wildman–Crippen MR) is 55.5 cm³/mol. The van der Waals surface area contributed by atoms with Gasteiger partial charge in [0.2, 0.25) is 0 Å². The zero-order valence-corrected chi connectivity index (χ0v) is 8.01. The molecule has 2 aromatic rings. The minimum Gasteiger partial charge on any atom is -0.480 e. The molecule has 0 aliphatic carbocycles. The molecule has 1 aromatic carbocycles. The number of carboxylic acids is 1. The fourth-order valence-corrected chi connectivity index (χ4v) is 1.48. The van der Waals surface area contributed by atoms with Gasteiger partial charge in [0.25, 0.3) is 0 Å². The Morgan fingerprint density at radius 2 is 2.27 bits per heavy atom. The number of fused-ring (bicyclic) bond motifs is 1. The third-order valence-corrected chi connectivity index (χ3v) is 2.29. The first-order chi connectivity index (χ1) is 7.16. The zero-order chi connectivity index (χ0) is 10.8. The number of carboxylic acid groups (broad SMARTS) is 1. The topological polar surface area (TPSA) is 76.5 Å². The molecule has 1 heterocycles. The number of carbonyl (C=O) groups is 1. The van der Waals surface area contributed by atoms with E-state index in [-0.39, 0.29) is 0 Å². The molecule has 1 aromatic heterocycles. The Bertz CT molecular complexity index is 489. The fraction of sp³-hybridized carbons (Fsp3) is 0.182. The molecule has 0 bridgehead atoms.